The highest BCUT2D eigenvalue weighted by molar-refractivity contribution is 5.92. The maximum Gasteiger partial charge on any atom is 0.270 e. The van der Waals surface area contributed by atoms with Crippen molar-refractivity contribution in [3.05, 3.63) is 24.0 Å². The SMILES string of the molecule is CC1CC(NC(=O)c2ccc(NN)cn2)C1. The summed E-state index contributed by atoms with van der Waals surface area (Å²) in [7, 11) is 0. The van der Waals surface area contributed by atoms with Gasteiger partial charge in [0.2, 0.25) is 0 Å². The lowest BCUT2D eigenvalue weighted by Gasteiger charge is -2.33. The molecule has 0 aromatic carbocycles. The minimum absolute atomic E-state index is 0.111. The van der Waals surface area contributed by atoms with E-state index in [1.54, 1.807) is 12.1 Å². The fourth-order valence-electron chi connectivity index (χ4n) is 1.89. The summed E-state index contributed by atoms with van der Waals surface area (Å²) in [5, 5.41) is 2.95. The standard InChI is InChI=1S/C11H16N4O/c1-7-4-9(5-7)14-11(16)10-3-2-8(15-12)6-13-10/h2-3,6-7,9,15H,4-5,12H2,1H3,(H,14,16). The first-order valence-corrected chi connectivity index (χ1v) is 5.42. The maximum atomic E-state index is 11.7. The fourth-order valence-corrected chi connectivity index (χ4v) is 1.89. The van der Waals surface area contributed by atoms with Gasteiger partial charge in [-0.1, -0.05) is 6.92 Å². The van der Waals surface area contributed by atoms with E-state index in [2.05, 4.69) is 22.7 Å². The number of carbonyl (C=O) groups excluding carboxylic acids is 1. The van der Waals surface area contributed by atoms with E-state index in [0.29, 0.717) is 17.4 Å². The summed E-state index contributed by atoms with van der Waals surface area (Å²) in [6, 6.07) is 3.70. The number of nitrogen functional groups attached to an aromatic ring is 1. The number of nitrogens with two attached hydrogens (primary N) is 1. The molecule has 2 rings (SSSR count). The molecule has 0 radical (unpaired) electrons. The normalized spacial score (nSPS) is 23.4. The highest BCUT2D eigenvalue weighted by atomic mass is 16.1. The van der Waals surface area contributed by atoms with E-state index in [0.717, 1.165) is 18.8 Å². The van der Waals surface area contributed by atoms with Crippen molar-refractivity contribution in [3.63, 3.8) is 0 Å². The second-order valence-corrected chi connectivity index (χ2v) is 4.32. The van der Waals surface area contributed by atoms with Crippen molar-refractivity contribution in [3.8, 4) is 0 Å². The number of rotatable bonds is 3. The van der Waals surface area contributed by atoms with Crippen LogP contribution >= 0.6 is 0 Å². The minimum atomic E-state index is -0.111. The number of hydrogen-bond donors (Lipinski definition) is 3. The number of hydrazine groups is 1. The summed E-state index contributed by atoms with van der Waals surface area (Å²) >= 11 is 0. The zero-order chi connectivity index (χ0) is 11.5. The largest absolute Gasteiger partial charge is 0.348 e. The Labute approximate surface area is 94.4 Å². The highest BCUT2D eigenvalue weighted by Gasteiger charge is 2.27. The molecule has 1 aliphatic carbocycles. The van der Waals surface area contributed by atoms with Crippen LogP contribution in [-0.4, -0.2) is 16.9 Å². The number of aromatic nitrogens is 1. The van der Waals surface area contributed by atoms with Crippen LogP contribution in [0, 0.1) is 5.92 Å². The van der Waals surface area contributed by atoms with Crippen LogP contribution in [0.3, 0.4) is 0 Å². The summed E-state index contributed by atoms with van der Waals surface area (Å²) in [4.78, 5) is 15.8. The molecule has 86 valence electrons. The lowest BCUT2D eigenvalue weighted by Crippen LogP contribution is -2.43. The smallest absolute Gasteiger partial charge is 0.270 e. The summed E-state index contributed by atoms with van der Waals surface area (Å²) in [5.41, 5.74) is 3.59. The highest BCUT2D eigenvalue weighted by Crippen LogP contribution is 2.26. The molecule has 0 saturated heterocycles. The van der Waals surface area contributed by atoms with Crippen LogP contribution in [0.1, 0.15) is 30.3 Å². The van der Waals surface area contributed by atoms with Gasteiger partial charge >= 0.3 is 0 Å². The molecular formula is C11H16N4O. The lowest BCUT2D eigenvalue weighted by molar-refractivity contribution is 0.0891. The molecule has 1 saturated carbocycles. The monoisotopic (exact) mass is 220 g/mol. The number of nitrogens with one attached hydrogen (secondary N) is 2. The van der Waals surface area contributed by atoms with Gasteiger partial charge in [0.1, 0.15) is 5.69 Å². The molecule has 4 N–H and O–H groups in total. The van der Waals surface area contributed by atoms with Crippen molar-refractivity contribution >= 4 is 11.6 Å². The fraction of sp³-hybridized carbons (Fsp3) is 0.455. The number of anilines is 1. The average Bonchev–Trinajstić information content (AvgIpc) is 2.27. The van der Waals surface area contributed by atoms with E-state index < -0.39 is 0 Å². The minimum Gasteiger partial charge on any atom is -0.348 e. The van der Waals surface area contributed by atoms with Crippen molar-refractivity contribution in [2.45, 2.75) is 25.8 Å². The molecule has 16 heavy (non-hydrogen) atoms. The first-order valence-electron chi connectivity index (χ1n) is 5.42. The van der Waals surface area contributed by atoms with Crippen LogP contribution in [0.2, 0.25) is 0 Å². The van der Waals surface area contributed by atoms with Crippen molar-refractivity contribution in [2.24, 2.45) is 11.8 Å². The van der Waals surface area contributed by atoms with Gasteiger partial charge in [0.05, 0.1) is 11.9 Å². The molecular weight excluding hydrogens is 204 g/mol. The Balaban J connectivity index is 1.93. The Hall–Kier alpha value is -1.62. The molecule has 0 spiro atoms. The number of amides is 1. The van der Waals surface area contributed by atoms with Gasteiger partial charge in [-0.25, -0.2) is 4.98 Å². The molecule has 0 aliphatic heterocycles. The lowest BCUT2D eigenvalue weighted by atomic mass is 9.82. The Bertz CT molecular complexity index is 370. The summed E-state index contributed by atoms with van der Waals surface area (Å²) in [6.07, 6.45) is 3.67. The van der Waals surface area contributed by atoms with Gasteiger partial charge < -0.3 is 10.7 Å². The third-order valence-corrected chi connectivity index (χ3v) is 2.87. The summed E-state index contributed by atoms with van der Waals surface area (Å²) in [6.45, 7) is 2.18. The molecule has 0 bridgehead atoms. The van der Waals surface area contributed by atoms with Crippen LogP contribution in [0.25, 0.3) is 0 Å². The number of pyridine rings is 1. The predicted octanol–water partition coefficient (Wildman–Crippen LogP) is 0.895. The first kappa shape index (κ1) is 10.9. The van der Waals surface area contributed by atoms with E-state index in [9.17, 15) is 4.79 Å². The zero-order valence-electron chi connectivity index (χ0n) is 9.23. The van der Waals surface area contributed by atoms with E-state index in [1.165, 1.54) is 6.20 Å². The third-order valence-electron chi connectivity index (χ3n) is 2.87. The van der Waals surface area contributed by atoms with Gasteiger partial charge in [-0.3, -0.25) is 10.6 Å². The predicted molar refractivity (Wildman–Crippen MR) is 61.7 cm³/mol. The van der Waals surface area contributed by atoms with Gasteiger partial charge in [-0.05, 0) is 30.9 Å². The van der Waals surface area contributed by atoms with Gasteiger partial charge in [-0.2, -0.15) is 0 Å². The van der Waals surface area contributed by atoms with Crippen molar-refractivity contribution in [1.82, 2.24) is 10.3 Å². The van der Waals surface area contributed by atoms with Crippen LogP contribution in [0.5, 0.6) is 0 Å². The van der Waals surface area contributed by atoms with Gasteiger partial charge in [0, 0.05) is 6.04 Å². The average molecular weight is 220 g/mol. The molecule has 1 amide bonds. The van der Waals surface area contributed by atoms with E-state index in [-0.39, 0.29) is 5.91 Å². The summed E-state index contributed by atoms with van der Waals surface area (Å²) in [5.74, 6) is 5.83. The third kappa shape index (κ3) is 2.30. The number of hydrogen-bond acceptors (Lipinski definition) is 4. The first-order chi connectivity index (χ1) is 7.69. The van der Waals surface area contributed by atoms with E-state index >= 15 is 0 Å². The molecule has 5 nitrogen and oxygen atoms in total. The summed E-state index contributed by atoms with van der Waals surface area (Å²) < 4.78 is 0. The molecule has 1 aromatic rings. The van der Waals surface area contributed by atoms with Crippen LogP contribution in [0.15, 0.2) is 18.3 Å². The maximum absolute atomic E-state index is 11.7. The Morgan fingerprint density at radius 2 is 2.25 bits per heavy atom. The molecule has 1 heterocycles. The number of carbonyl (C=O) groups is 1. The van der Waals surface area contributed by atoms with Crippen molar-refractivity contribution < 1.29 is 4.79 Å². The zero-order valence-corrected chi connectivity index (χ0v) is 9.23. The molecule has 1 fully saturated rings. The van der Waals surface area contributed by atoms with Crippen molar-refractivity contribution in [1.29, 1.82) is 0 Å². The molecule has 0 atom stereocenters. The molecule has 0 unspecified atom stereocenters. The van der Waals surface area contributed by atoms with Gasteiger partial charge in [0.25, 0.3) is 5.91 Å². The number of nitrogens with zero attached hydrogens (tertiary/aromatic N) is 1. The van der Waals surface area contributed by atoms with Gasteiger partial charge in [0.15, 0.2) is 0 Å². The van der Waals surface area contributed by atoms with Crippen LogP contribution in [0.4, 0.5) is 5.69 Å². The van der Waals surface area contributed by atoms with Crippen LogP contribution in [-0.2, 0) is 0 Å². The second kappa shape index (κ2) is 4.49. The van der Waals surface area contributed by atoms with E-state index in [4.69, 9.17) is 5.84 Å². The second-order valence-electron chi connectivity index (χ2n) is 4.32. The Morgan fingerprint density at radius 3 is 2.75 bits per heavy atom. The molecule has 5 heteroatoms. The Morgan fingerprint density at radius 1 is 1.50 bits per heavy atom. The van der Waals surface area contributed by atoms with Gasteiger partial charge in [-0.15, -0.1) is 0 Å². The van der Waals surface area contributed by atoms with E-state index in [1.807, 2.05) is 0 Å². The van der Waals surface area contributed by atoms with Crippen molar-refractivity contribution in [2.75, 3.05) is 5.43 Å². The molecule has 1 aliphatic rings. The molecule has 1 aromatic heterocycles. The Kier molecular flexibility index (Phi) is 3.05. The quantitative estimate of drug-likeness (QED) is 0.522. The van der Waals surface area contributed by atoms with Crippen LogP contribution < -0.4 is 16.6 Å². The topological polar surface area (TPSA) is 80.0 Å².